The Hall–Kier alpha value is -0.760. The van der Waals surface area contributed by atoms with Gasteiger partial charge in [0.1, 0.15) is 13.2 Å². The van der Waals surface area contributed by atoms with Crippen molar-refractivity contribution in [1.29, 1.82) is 0 Å². The Morgan fingerprint density at radius 3 is 1.23 bits per heavy atom. The minimum atomic E-state index is -4.59. The number of likely N-dealkylation sites (N-methyl/N-ethyl adjacent to an activating group) is 1. The Bertz CT molecular complexity index is 1000. The lowest BCUT2D eigenvalue weighted by Gasteiger charge is -2.29. The molecule has 0 bridgehead atoms. The minimum absolute atomic E-state index is 0.00247. The van der Waals surface area contributed by atoms with Gasteiger partial charge >= 0.3 is 0 Å². The van der Waals surface area contributed by atoms with Gasteiger partial charge in [-0.25, -0.2) is 0 Å². The molecule has 61 heavy (non-hydrogen) atoms. The molecule has 0 saturated heterocycles. The Balaban J connectivity index is 4.21. The highest BCUT2D eigenvalue weighted by molar-refractivity contribution is 7.45. The van der Waals surface area contributed by atoms with Gasteiger partial charge in [-0.15, -0.1) is 0 Å². The molecule has 0 aromatic rings. The summed E-state index contributed by atoms with van der Waals surface area (Å²) in [5.74, 6) is -0.191. The third-order valence-corrected chi connectivity index (χ3v) is 13.2. The molecular weight excluding hydrogens is 780 g/mol. The molecular formula is C52H105N2O6P. The summed E-state index contributed by atoms with van der Waals surface area (Å²) in [6.07, 6.45) is 52.7. The van der Waals surface area contributed by atoms with E-state index in [0.717, 1.165) is 38.5 Å². The van der Waals surface area contributed by atoms with Crippen molar-refractivity contribution in [2.75, 3.05) is 40.9 Å². The second-order valence-electron chi connectivity index (χ2n) is 19.6. The van der Waals surface area contributed by atoms with Crippen molar-refractivity contribution in [3.63, 3.8) is 0 Å². The van der Waals surface area contributed by atoms with Crippen LogP contribution in [0.3, 0.4) is 0 Å². The Kier molecular flexibility index (Phi) is 43.9. The van der Waals surface area contributed by atoms with Crippen LogP contribution < -0.4 is 10.2 Å². The fourth-order valence-corrected chi connectivity index (χ4v) is 8.76. The van der Waals surface area contributed by atoms with Gasteiger partial charge in [0, 0.05) is 6.42 Å². The SMILES string of the molecule is CCCCCCCCCCCCCCCC/C=C/C(O)C(COP(=O)([O-])OCC[N+](C)(C)C)NC(=O)CCCCCCCCCCCCCCCCCCCCCCCCC. The lowest BCUT2D eigenvalue weighted by molar-refractivity contribution is -0.870. The first-order valence-corrected chi connectivity index (χ1v) is 28.0. The van der Waals surface area contributed by atoms with Crippen LogP contribution in [0.2, 0.25) is 0 Å². The highest BCUT2D eigenvalue weighted by atomic mass is 31.2. The number of hydrogen-bond donors (Lipinski definition) is 2. The molecule has 0 fully saturated rings. The molecule has 364 valence electrons. The van der Waals surface area contributed by atoms with Gasteiger partial charge in [-0.3, -0.25) is 9.36 Å². The van der Waals surface area contributed by atoms with Gasteiger partial charge in [-0.2, -0.15) is 0 Å². The summed E-state index contributed by atoms with van der Waals surface area (Å²) < 4.78 is 23.3. The van der Waals surface area contributed by atoms with E-state index in [-0.39, 0.29) is 19.1 Å². The molecule has 0 aromatic carbocycles. The van der Waals surface area contributed by atoms with Crippen molar-refractivity contribution in [2.24, 2.45) is 0 Å². The van der Waals surface area contributed by atoms with E-state index in [2.05, 4.69) is 19.2 Å². The number of nitrogens with one attached hydrogen (secondary N) is 1. The first kappa shape index (κ1) is 60.2. The summed E-state index contributed by atoms with van der Waals surface area (Å²) in [6.45, 7) is 4.69. The van der Waals surface area contributed by atoms with Crippen LogP contribution in [0, 0.1) is 0 Å². The van der Waals surface area contributed by atoms with Gasteiger partial charge in [-0.05, 0) is 19.3 Å². The number of allylic oxidation sites excluding steroid dienone is 1. The molecule has 8 nitrogen and oxygen atoms in total. The highest BCUT2D eigenvalue weighted by Gasteiger charge is 2.23. The summed E-state index contributed by atoms with van der Waals surface area (Å²) in [7, 11) is 1.28. The fraction of sp³-hybridized carbons (Fsp3) is 0.942. The normalized spacial score (nSPS) is 14.1. The monoisotopic (exact) mass is 885 g/mol. The van der Waals surface area contributed by atoms with Crippen LogP contribution in [0.5, 0.6) is 0 Å². The molecule has 1 amide bonds. The summed E-state index contributed by atoms with van der Waals surface area (Å²) in [6, 6.07) is -0.881. The van der Waals surface area contributed by atoms with E-state index in [9.17, 15) is 19.4 Å². The number of aliphatic hydroxyl groups excluding tert-OH is 1. The van der Waals surface area contributed by atoms with E-state index in [1.807, 2.05) is 27.2 Å². The van der Waals surface area contributed by atoms with E-state index in [1.165, 1.54) is 205 Å². The maximum atomic E-state index is 12.9. The number of quaternary nitrogens is 1. The first-order valence-electron chi connectivity index (χ1n) is 26.6. The van der Waals surface area contributed by atoms with Gasteiger partial charge in [0.25, 0.3) is 7.82 Å². The number of aliphatic hydroxyl groups is 1. The molecule has 0 aliphatic carbocycles. The average molecular weight is 885 g/mol. The molecule has 3 unspecified atom stereocenters. The van der Waals surface area contributed by atoms with Gasteiger partial charge < -0.3 is 28.8 Å². The second kappa shape index (κ2) is 44.4. The molecule has 3 atom stereocenters. The van der Waals surface area contributed by atoms with Crippen molar-refractivity contribution in [3.05, 3.63) is 12.2 Å². The van der Waals surface area contributed by atoms with Crippen LogP contribution in [0.15, 0.2) is 12.2 Å². The second-order valence-corrected chi connectivity index (χ2v) is 21.0. The number of unbranched alkanes of at least 4 members (excludes halogenated alkanes) is 36. The molecule has 0 heterocycles. The zero-order valence-electron chi connectivity index (χ0n) is 41.4. The van der Waals surface area contributed by atoms with Crippen LogP contribution in [-0.2, 0) is 18.4 Å². The number of carbonyl (C=O) groups is 1. The molecule has 0 radical (unpaired) electrons. The zero-order valence-corrected chi connectivity index (χ0v) is 42.3. The number of amides is 1. The zero-order chi connectivity index (χ0) is 45.0. The lowest BCUT2D eigenvalue weighted by atomic mass is 10.0. The molecule has 0 saturated carbocycles. The predicted octanol–water partition coefficient (Wildman–Crippen LogP) is 14.8. The van der Waals surface area contributed by atoms with Crippen molar-refractivity contribution >= 4 is 13.7 Å². The predicted molar refractivity (Wildman–Crippen MR) is 261 cm³/mol. The minimum Gasteiger partial charge on any atom is -0.756 e. The van der Waals surface area contributed by atoms with Crippen molar-refractivity contribution in [2.45, 2.75) is 276 Å². The van der Waals surface area contributed by atoms with Crippen LogP contribution >= 0.6 is 7.82 Å². The van der Waals surface area contributed by atoms with Gasteiger partial charge in [-0.1, -0.05) is 251 Å². The molecule has 0 aliphatic rings. The number of phosphoric ester groups is 1. The smallest absolute Gasteiger partial charge is 0.268 e. The highest BCUT2D eigenvalue weighted by Crippen LogP contribution is 2.38. The molecule has 0 aliphatic heterocycles. The van der Waals surface area contributed by atoms with Crippen molar-refractivity contribution in [3.8, 4) is 0 Å². The van der Waals surface area contributed by atoms with E-state index >= 15 is 0 Å². The molecule has 0 spiro atoms. The van der Waals surface area contributed by atoms with Gasteiger partial charge in [0.15, 0.2) is 0 Å². The standard InChI is InChI=1S/C52H105N2O6P/c1-6-8-10-12-14-16-18-20-22-24-25-26-27-28-29-30-32-34-36-38-40-42-44-46-52(56)53-50(49-60-61(57,58)59-48-47-54(3,4)5)51(55)45-43-41-39-37-35-33-31-23-21-19-17-15-13-11-9-7-2/h43,45,50-51,55H,6-42,44,46-49H2,1-5H3,(H-,53,56,57,58)/b45-43+. The van der Waals surface area contributed by atoms with Crippen LogP contribution in [-0.4, -0.2) is 68.5 Å². The summed E-state index contributed by atoms with van der Waals surface area (Å²) >= 11 is 0. The van der Waals surface area contributed by atoms with Crippen LogP contribution in [0.1, 0.15) is 264 Å². The largest absolute Gasteiger partial charge is 0.756 e. The molecule has 2 N–H and O–H groups in total. The quantitative estimate of drug-likeness (QED) is 0.0273. The third-order valence-electron chi connectivity index (χ3n) is 12.2. The van der Waals surface area contributed by atoms with E-state index in [0.29, 0.717) is 17.4 Å². The lowest BCUT2D eigenvalue weighted by Crippen LogP contribution is -2.45. The van der Waals surface area contributed by atoms with E-state index in [1.54, 1.807) is 6.08 Å². The van der Waals surface area contributed by atoms with Gasteiger partial charge in [0.05, 0.1) is 39.9 Å². The number of nitrogens with zero attached hydrogens (tertiary/aromatic N) is 1. The molecule has 0 aromatic heterocycles. The topological polar surface area (TPSA) is 108 Å². The molecule has 9 heteroatoms. The number of phosphoric acid groups is 1. The number of carbonyl (C=O) groups excluding carboxylic acids is 1. The maximum Gasteiger partial charge on any atom is 0.268 e. The van der Waals surface area contributed by atoms with Crippen LogP contribution in [0.25, 0.3) is 0 Å². The summed E-state index contributed by atoms with van der Waals surface area (Å²) in [5, 5.41) is 13.8. The van der Waals surface area contributed by atoms with Crippen LogP contribution in [0.4, 0.5) is 0 Å². The number of hydrogen-bond acceptors (Lipinski definition) is 6. The van der Waals surface area contributed by atoms with Crippen molar-refractivity contribution in [1.82, 2.24) is 5.32 Å². The van der Waals surface area contributed by atoms with E-state index in [4.69, 9.17) is 9.05 Å². The summed E-state index contributed by atoms with van der Waals surface area (Å²) in [4.78, 5) is 25.4. The van der Waals surface area contributed by atoms with Crippen molar-refractivity contribution < 1.29 is 32.9 Å². The third kappa shape index (κ3) is 47.0. The Morgan fingerprint density at radius 1 is 0.557 bits per heavy atom. The Labute approximate surface area is 380 Å². The van der Waals surface area contributed by atoms with E-state index < -0.39 is 20.0 Å². The fourth-order valence-electron chi connectivity index (χ4n) is 8.04. The van der Waals surface area contributed by atoms with Gasteiger partial charge in [0.2, 0.25) is 5.91 Å². The summed E-state index contributed by atoms with van der Waals surface area (Å²) in [5.41, 5.74) is 0. The molecule has 0 rings (SSSR count). The average Bonchev–Trinajstić information content (AvgIpc) is 3.21. The number of rotatable bonds is 49. The maximum absolute atomic E-state index is 12.9. The Morgan fingerprint density at radius 2 is 0.885 bits per heavy atom. The first-order chi connectivity index (χ1) is 29.5.